The molecule has 0 saturated heterocycles. The molecule has 0 unspecified atom stereocenters. The summed E-state index contributed by atoms with van der Waals surface area (Å²) in [5.74, 6) is 1.58. The molecule has 2 aromatic heterocycles. The van der Waals surface area contributed by atoms with Crippen LogP contribution in [0.15, 0.2) is 48.7 Å². The summed E-state index contributed by atoms with van der Waals surface area (Å²) < 4.78 is 7.42. The van der Waals surface area contributed by atoms with E-state index in [1.807, 2.05) is 40.9 Å². The zero-order valence-electron chi connectivity index (χ0n) is 11.1. The minimum Gasteiger partial charge on any atom is -0.496 e. The van der Waals surface area contributed by atoms with Crippen molar-refractivity contribution in [3.63, 3.8) is 0 Å². The average molecular weight is 252 g/mol. The van der Waals surface area contributed by atoms with Gasteiger partial charge in [-0.05, 0) is 37.3 Å². The summed E-state index contributed by atoms with van der Waals surface area (Å²) >= 11 is 0. The van der Waals surface area contributed by atoms with E-state index in [4.69, 9.17) is 10.5 Å². The minimum absolute atomic E-state index is 0.736. The van der Waals surface area contributed by atoms with E-state index in [-0.39, 0.29) is 0 Å². The Morgan fingerprint density at radius 1 is 1.05 bits per heavy atom. The monoisotopic (exact) mass is 252 g/mol. The van der Waals surface area contributed by atoms with Crippen molar-refractivity contribution in [1.82, 2.24) is 4.40 Å². The van der Waals surface area contributed by atoms with E-state index in [0.717, 1.165) is 28.2 Å². The zero-order valence-corrected chi connectivity index (χ0v) is 11.1. The van der Waals surface area contributed by atoms with Gasteiger partial charge >= 0.3 is 0 Å². The fourth-order valence-electron chi connectivity index (χ4n) is 2.39. The van der Waals surface area contributed by atoms with Crippen molar-refractivity contribution < 1.29 is 4.74 Å². The first-order valence-electron chi connectivity index (χ1n) is 6.21. The molecular weight excluding hydrogens is 236 g/mol. The van der Waals surface area contributed by atoms with Crippen LogP contribution in [0, 0.1) is 6.92 Å². The second-order valence-corrected chi connectivity index (χ2v) is 4.64. The molecule has 0 aliphatic heterocycles. The highest BCUT2D eigenvalue weighted by molar-refractivity contribution is 5.84. The Hall–Kier alpha value is -2.42. The second-order valence-electron chi connectivity index (χ2n) is 4.64. The highest BCUT2D eigenvalue weighted by Crippen LogP contribution is 2.36. The van der Waals surface area contributed by atoms with Crippen LogP contribution in [0.4, 0.5) is 5.82 Å². The number of nitrogens with two attached hydrogens (primary N) is 1. The van der Waals surface area contributed by atoms with Gasteiger partial charge in [0.15, 0.2) is 0 Å². The maximum Gasteiger partial charge on any atom is 0.126 e. The Kier molecular flexibility index (Phi) is 2.67. The van der Waals surface area contributed by atoms with Crippen LogP contribution in [0.25, 0.3) is 16.6 Å². The third-order valence-corrected chi connectivity index (χ3v) is 3.36. The molecule has 1 aromatic carbocycles. The molecule has 3 rings (SSSR count). The van der Waals surface area contributed by atoms with Crippen molar-refractivity contribution in [2.75, 3.05) is 12.8 Å². The van der Waals surface area contributed by atoms with Crippen molar-refractivity contribution in [2.45, 2.75) is 6.92 Å². The molecule has 0 aliphatic rings. The molecule has 0 bridgehead atoms. The van der Waals surface area contributed by atoms with Crippen molar-refractivity contribution in [3.8, 4) is 16.9 Å². The Balaban J connectivity index is 2.30. The number of fused-ring (bicyclic) bond motifs is 1. The number of rotatable bonds is 2. The van der Waals surface area contributed by atoms with Gasteiger partial charge in [0.05, 0.1) is 7.11 Å². The van der Waals surface area contributed by atoms with Gasteiger partial charge in [-0.15, -0.1) is 0 Å². The lowest BCUT2D eigenvalue weighted by Crippen LogP contribution is -1.95. The van der Waals surface area contributed by atoms with Gasteiger partial charge in [0, 0.05) is 22.8 Å². The van der Waals surface area contributed by atoms with Crippen molar-refractivity contribution in [2.24, 2.45) is 0 Å². The predicted octanol–water partition coefficient (Wildman–Crippen LogP) is 3.51. The highest BCUT2D eigenvalue weighted by Gasteiger charge is 2.13. The summed E-state index contributed by atoms with van der Waals surface area (Å²) in [6.07, 6.45) is 1.97. The number of nitrogen functional groups attached to an aromatic ring is 1. The average Bonchev–Trinajstić information content (AvgIpc) is 2.76. The van der Waals surface area contributed by atoms with Crippen LogP contribution in [0.5, 0.6) is 5.75 Å². The van der Waals surface area contributed by atoms with Gasteiger partial charge in [-0.3, -0.25) is 0 Å². The number of methoxy groups -OCH3 is 1. The van der Waals surface area contributed by atoms with E-state index in [1.165, 1.54) is 5.56 Å². The van der Waals surface area contributed by atoms with Crippen LogP contribution in [0.1, 0.15) is 5.56 Å². The number of ether oxygens (including phenoxy) is 1. The Morgan fingerprint density at radius 3 is 2.63 bits per heavy atom. The Labute approximate surface area is 112 Å². The van der Waals surface area contributed by atoms with Crippen LogP contribution in [-0.4, -0.2) is 11.5 Å². The van der Waals surface area contributed by atoms with E-state index >= 15 is 0 Å². The molecule has 0 atom stereocenters. The van der Waals surface area contributed by atoms with E-state index in [9.17, 15) is 0 Å². The fourth-order valence-corrected chi connectivity index (χ4v) is 2.39. The molecule has 3 aromatic rings. The van der Waals surface area contributed by atoms with Crippen LogP contribution >= 0.6 is 0 Å². The second kappa shape index (κ2) is 4.35. The number of nitrogens with zero attached hydrogens (tertiary/aromatic N) is 1. The lowest BCUT2D eigenvalue weighted by molar-refractivity contribution is 0.416. The summed E-state index contributed by atoms with van der Waals surface area (Å²) in [7, 11) is 1.68. The van der Waals surface area contributed by atoms with E-state index in [0.29, 0.717) is 0 Å². The molecule has 3 heteroatoms. The third-order valence-electron chi connectivity index (χ3n) is 3.36. The first kappa shape index (κ1) is 11.7. The van der Waals surface area contributed by atoms with Gasteiger partial charge in [-0.1, -0.05) is 17.7 Å². The Morgan fingerprint density at radius 2 is 1.89 bits per heavy atom. The first-order chi connectivity index (χ1) is 9.20. The summed E-state index contributed by atoms with van der Waals surface area (Å²) in [6.45, 7) is 2.06. The topological polar surface area (TPSA) is 39.7 Å². The summed E-state index contributed by atoms with van der Waals surface area (Å²) in [5, 5.41) is 0. The third kappa shape index (κ3) is 1.83. The number of hydrogen-bond donors (Lipinski definition) is 1. The fraction of sp³-hybridized carbons (Fsp3) is 0.125. The van der Waals surface area contributed by atoms with Crippen LogP contribution in [0.3, 0.4) is 0 Å². The number of anilines is 1. The number of hydrogen-bond acceptors (Lipinski definition) is 2. The summed E-state index contributed by atoms with van der Waals surface area (Å²) in [6, 6.07) is 14.2. The molecule has 0 radical (unpaired) electrons. The number of aryl methyl sites for hydroxylation is 1. The van der Waals surface area contributed by atoms with Gasteiger partial charge in [0.1, 0.15) is 11.6 Å². The highest BCUT2D eigenvalue weighted by atomic mass is 16.5. The maximum absolute atomic E-state index is 6.25. The number of aromatic nitrogens is 1. The van der Waals surface area contributed by atoms with Crippen molar-refractivity contribution in [3.05, 3.63) is 54.2 Å². The number of benzene rings is 1. The summed E-state index contributed by atoms with van der Waals surface area (Å²) in [4.78, 5) is 0. The lowest BCUT2D eigenvalue weighted by Gasteiger charge is -2.09. The SMILES string of the molecule is COc1ccc(C)cc1-c1cc2ccccn2c1N. The van der Waals surface area contributed by atoms with Gasteiger partial charge in [-0.25, -0.2) is 0 Å². The molecule has 0 amide bonds. The van der Waals surface area contributed by atoms with Gasteiger partial charge in [-0.2, -0.15) is 0 Å². The first-order valence-corrected chi connectivity index (χ1v) is 6.21. The van der Waals surface area contributed by atoms with Crippen molar-refractivity contribution in [1.29, 1.82) is 0 Å². The number of pyridine rings is 1. The summed E-state index contributed by atoms with van der Waals surface area (Å²) in [5.41, 5.74) is 10.6. The molecule has 96 valence electrons. The molecule has 2 heterocycles. The van der Waals surface area contributed by atoms with Crippen LogP contribution < -0.4 is 10.5 Å². The molecule has 0 saturated carbocycles. The Bertz CT molecular complexity index is 744. The molecule has 19 heavy (non-hydrogen) atoms. The normalized spacial score (nSPS) is 10.8. The van der Waals surface area contributed by atoms with Crippen molar-refractivity contribution >= 4 is 11.3 Å². The van der Waals surface area contributed by atoms with Gasteiger partial charge < -0.3 is 14.9 Å². The largest absolute Gasteiger partial charge is 0.496 e. The molecule has 3 nitrogen and oxygen atoms in total. The van der Waals surface area contributed by atoms with Crippen LogP contribution in [0.2, 0.25) is 0 Å². The van der Waals surface area contributed by atoms with Crippen LogP contribution in [-0.2, 0) is 0 Å². The predicted molar refractivity (Wildman–Crippen MR) is 78.5 cm³/mol. The van der Waals surface area contributed by atoms with E-state index in [2.05, 4.69) is 19.1 Å². The molecule has 0 aliphatic carbocycles. The molecule has 2 N–H and O–H groups in total. The molecular formula is C16H16N2O. The van der Waals surface area contributed by atoms with Gasteiger partial charge in [0.25, 0.3) is 0 Å². The quantitative estimate of drug-likeness (QED) is 0.758. The standard InChI is InChI=1S/C16H16N2O/c1-11-6-7-15(19-2)13(9-11)14-10-12-5-3-4-8-18(12)16(14)17/h3-10H,17H2,1-2H3. The lowest BCUT2D eigenvalue weighted by atomic mass is 10.0. The maximum atomic E-state index is 6.25. The molecule has 0 fully saturated rings. The minimum atomic E-state index is 0.736. The van der Waals surface area contributed by atoms with E-state index in [1.54, 1.807) is 7.11 Å². The van der Waals surface area contributed by atoms with Gasteiger partial charge in [0.2, 0.25) is 0 Å². The zero-order chi connectivity index (χ0) is 13.4. The molecule has 0 spiro atoms. The smallest absolute Gasteiger partial charge is 0.126 e. The van der Waals surface area contributed by atoms with E-state index < -0.39 is 0 Å².